The van der Waals surface area contributed by atoms with Gasteiger partial charge in [-0.05, 0) is 39.0 Å². The minimum atomic E-state index is -4.09. The van der Waals surface area contributed by atoms with Crippen LogP contribution in [0.2, 0.25) is 0 Å². The van der Waals surface area contributed by atoms with Gasteiger partial charge in [-0.1, -0.05) is 29.8 Å². The number of hydrogen-bond donors (Lipinski definition) is 1. The predicted octanol–water partition coefficient (Wildman–Crippen LogP) is 3.44. The molecule has 1 aromatic heterocycles. The van der Waals surface area contributed by atoms with E-state index in [2.05, 4.69) is 9.82 Å². The van der Waals surface area contributed by atoms with E-state index in [1.807, 2.05) is 38.1 Å². The summed E-state index contributed by atoms with van der Waals surface area (Å²) in [5.74, 6) is 0. The Morgan fingerprint density at radius 2 is 1.75 bits per heavy atom. The third kappa shape index (κ3) is 3.80. The van der Waals surface area contributed by atoms with Crippen molar-refractivity contribution in [3.05, 3.63) is 81.7 Å². The fourth-order valence-corrected chi connectivity index (χ4v) is 4.38. The molecule has 0 aliphatic heterocycles. The first kappa shape index (κ1) is 19.7. The number of hydrogen-bond acceptors (Lipinski definition) is 5. The van der Waals surface area contributed by atoms with Gasteiger partial charge in [-0.15, -0.1) is 0 Å². The number of aryl methyl sites for hydroxylation is 1. The second-order valence-electron chi connectivity index (χ2n) is 6.50. The van der Waals surface area contributed by atoms with Crippen LogP contribution in [-0.2, 0) is 10.0 Å². The number of sulfonamides is 1. The lowest BCUT2D eigenvalue weighted by molar-refractivity contribution is -0.387. The van der Waals surface area contributed by atoms with Gasteiger partial charge in [0.1, 0.15) is 0 Å². The SMILES string of the molecule is Cc1ccc(-n2ncc([C@H](C)NS(=O)(=O)c3ccccc3[N+](=O)[O-])c2C)cc1. The smallest absolute Gasteiger partial charge is 0.258 e. The summed E-state index contributed by atoms with van der Waals surface area (Å²) in [5.41, 5.74) is 2.99. The molecule has 146 valence electrons. The van der Waals surface area contributed by atoms with E-state index in [0.717, 1.165) is 16.9 Å². The second kappa shape index (κ2) is 7.53. The van der Waals surface area contributed by atoms with E-state index in [0.29, 0.717) is 5.56 Å². The van der Waals surface area contributed by atoms with Gasteiger partial charge < -0.3 is 0 Å². The lowest BCUT2D eigenvalue weighted by atomic mass is 10.1. The second-order valence-corrected chi connectivity index (χ2v) is 8.18. The molecule has 8 nitrogen and oxygen atoms in total. The summed E-state index contributed by atoms with van der Waals surface area (Å²) in [6.45, 7) is 5.51. The lowest BCUT2D eigenvalue weighted by Gasteiger charge is -2.14. The van der Waals surface area contributed by atoms with Gasteiger partial charge in [0, 0.05) is 23.4 Å². The Morgan fingerprint density at radius 1 is 1.11 bits per heavy atom. The molecule has 0 aliphatic carbocycles. The maximum Gasteiger partial charge on any atom is 0.289 e. The van der Waals surface area contributed by atoms with Crippen LogP contribution in [0.15, 0.2) is 59.6 Å². The molecule has 1 N–H and O–H groups in total. The van der Waals surface area contributed by atoms with Crippen molar-refractivity contribution < 1.29 is 13.3 Å². The Bertz CT molecular complexity index is 1120. The number of aromatic nitrogens is 2. The standard InChI is InChI=1S/C19H20N4O4S/c1-13-8-10-16(11-9-13)22-15(3)17(12-20-22)14(2)21-28(26,27)19-7-5-4-6-18(19)23(24)25/h4-12,14,21H,1-3H3/t14-/m0/s1. The first-order valence-electron chi connectivity index (χ1n) is 8.58. The molecule has 0 bridgehead atoms. The Labute approximate surface area is 163 Å². The van der Waals surface area contributed by atoms with E-state index in [9.17, 15) is 18.5 Å². The van der Waals surface area contributed by atoms with Crippen LogP contribution in [0.4, 0.5) is 5.69 Å². The van der Waals surface area contributed by atoms with Crippen molar-refractivity contribution in [3.63, 3.8) is 0 Å². The monoisotopic (exact) mass is 400 g/mol. The van der Waals surface area contributed by atoms with E-state index < -0.39 is 26.7 Å². The number of nitrogens with zero attached hydrogens (tertiary/aromatic N) is 3. The van der Waals surface area contributed by atoms with Crippen LogP contribution >= 0.6 is 0 Å². The van der Waals surface area contributed by atoms with E-state index in [-0.39, 0.29) is 4.90 Å². The Hall–Kier alpha value is -3.04. The fraction of sp³-hybridized carbons (Fsp3) is 0.211. The lowest BCUT2D eigenvalue weighted by Crippen LogP contribution is -2.27. The van der Waals surface area contributed by atoms with Crippen LogP contribution in [0.25, 0.3) is 5.69 Å². The molecule has 28 heavy (non-hydrogen) atoms. The van der Waals surface area contributed by atoms with Crippen LogP contribution < -0.4 is 4.72 Å². The van der Waals surface area contributed by atoms with Crippen molar-refractivity contribution in [2.45, 2.75) is 31.7 Å². The Morgan fingerprint density at radius 3 is 2.39 bits per heavy atom. The average molecular weight is 400 g/mol. The number of nitrogens with one attached hydrogen (secondary N) is 1. The van der Waals surface area contributed by atoms with Gasteiger partial charge in [-0.3, -0.25) is 10.1 Å². The Balaban J connectivity index is 1.91. The van der Waals surface area contributed by atoms with Crippen molar-refractivity contribution in [1.29, 1.82) is 0 Å². The summed E-state index contributed by atoms with van der Waals surface area (Å²) in [6.07, 6.45) is 1.60. The highest BCUT2D eigenvalue weighted by molar-refractivity contribution is 7.89. The van der Waals surface area contributed by atoms with Crippen LogP contribution in [0, 0.1) is 24.0 Å². The molecule has 3 aromatic rings. The van der Waals surface area contributed by atoms with Gasteiger partial charge >= 0.3 is 0 Å². The molecule has 0 aliphatic rings. The van der Waals surface area contributed by atoms with Crippen LogP contribution in [0.3, 0.4) is 0 Å². The summed E-state index contributed by atoms with van der Waals surface area (Å²) >= 11 is 0. The third-order valence-electron chi connectivity index (χ3n) is 4.48. The van der Waals surface area contributed by atoms with Crippen molar-refractivity contribution in [3.8, 4) is 5.69 Å². The number of rotatable bonds is 6. The van der Waals surface area contributed by atoms with Crippen LogP contribution in [0.1, 0.15) is 29.8 Å². The summed E-state index contributed by atoms with van der Waals surface area (Å²) in [6, 6.07) is 12.4. The normalized spacial score (nSPS) is 12.7. The van der Waals surface area contributed by atoms with Gasteiger partial charge in [-0.25, -0.2) is 17.8 Å². The van der Waals surface area contributed by atoms with Crippen molar-refractivity contribution in [1.82, 2.24) is 14.5 Å². The Kier molecular flexibility index (Phi) is 5.30. The molecule has 0 amide bonds. The molecule has 0 radical (unpaired) electrons. The summed E-state index contributed by atoms with van der Waals surface area (Å²) in [5, 5.41) is 15.5. The van der Waals surface area contributed by atoms with Gasteiger partial charge in [0.15, 0.2) is 4.90 Å². The van der Waals surface area contributed by atoms with Crippen LogP contribution in [-0.4, -0.2) is 23.1 Å². The average Bonchev–Trinajstić information content (AvgIpc) is 3.03. The quantitative estimate of drug-likeness (QED) is 0.504. The van der Waals surface area contributed by atoms with E-state index in [1.165, 1.54) is 24.3 Å². The number of benzene rings is 2. The van der Waals surface area contributed by atoms with E-state index >= 15 is 0 Å². The molecule has 3 rings (SSSR count). The van der Waals surface area contributed by atoms with E-state index in [4.69, 9.17) is 0 Å². The molecule has 0 saturated carbocycles. The molecule has 1 atom stereocenters. The third-order valence-corrected chi connectivity index (χ3v) is 6.06. The number of para-hydroxylation sites is 1. The minimum absolute atomic E-state index is 0.365. The van der Waals surface area contributed by atoms with E-state index in [1.54, 1.807) is 17.8 Å². The molecule has 0 fully saturated rings. The molecule has 0 unspecified atom stereocenters. The first-order chi connectivity index (χ1) is 13.2. The summed E-state index contributed by atoms with van der Waals surface area (Å²) in [7, 11) is -4.09. The van der Waals surface area contributed by atoms with Gasteiger partial charge in [0.2, 0.25) is 10.0 Å². The zero-order valence-corrected chi connectivity index (χ0v) is 16.5. The number of nitro groups is 1. The van der Waals surface area contributed by atoms with Gasteiger partial charge in [0.05, 0.1) is 16.8 Å². The maximum atomic E-state index is 12.7. The minimum Gasteiger partial charge on any atom is -0.258 e. The molecular weight excluding hydrogens is 380 g/mol. The molecule has 0 saturated heterocycles. The molecule has 9 heteroatoms. The highest BCUT2D eigenvalue weighted by atomic mass is 32.2. The fourth-order valence-electron chi connectivity index (χ4n) is 2.99. The molecule has 0 spiro atoms. The van der Waals surface area contributed by atoms with Gasteiger partial charge in [0.25, 0.3) is 5.69 Å². The van der Waals surface area contributed by atoms with Crippen molar-refractivity contribution in [2.24, 2.45) is 0 Å². The summed E-state index contributed by atoms with van der Waals surface area (Å²) < 4.78 is 29.7. The topological polar surface area (TPSA) is 107 Å². The molecule has 1 heterocycles. The highest BCUT2D eigenvalue weighted by Crippen LogP contribution is 2.26. The van der Waals surface area contributed by atoms with Crippen LogP contribution in [0.5, 0.6) is 0 Å². The largest absolute Gasteiger partial charge is 0.289 e. The molecule has 2 aromatic carbocycles. The highest BCUT2D eigenvalue weighted by Gasteiger charge is 2.28. The van der Waals surface area contributed by atoms with Crippen molar-refractivity contribution >= 4 is 15.7 Å². The van der Waals surface area contributed by atoms with Gasteiger partial charge in [-0.2, -0.15) is 5.10 Å². The number of nitro benzene ring substituents is 1. The predicted molar refractivity (Wildman–Crippen MR) is 105 cm³/mol. The zero-order valence-electron chi connectivity index (χ0n) is 15.7. The first-order valence-corrected chi connectivity index (χ1v) is 10.1. The maximum absolute atomic E-state index is 12.7. The van der Waals surface area contributed by atoms with Crippen molar-refractivity contribution in [2.75, 3.05) is 0 Å². The molecular formula is C19H20N4O4S. The zero-order chi connectivity index (χ0) is 20.5. The summed E-state index contributed by atoms with van der Waals surface area (Å²) in [4.78, 5) is 10.1.